The van der Waals surface area contributed by atoms with Crippen molar-refractivity contribution in [2.45, 2.75) is 24.7 Å². The van der Waals surface area contributed by atoms with Crippen LogP contribution in [0.3, 0.4) is 0 Å². The maximum Gasteiger partial charge on any atom is 0.0878 e. The van der Waals surface area contributed by atoms with Crippen LogP contribution in [-0.2, 0) is 0 Å². The van der Waals surface area contributed by atoms with Gasteiger partial charge < -0.3 is 20.2 Å². The first-order chi connectivity index (χ1) is 25.4. The Hall–Kier alpha value is -6.28. The third-order valence-corrected chi connectivity index (χ3v) is 9.09. The topological polar surface area (TPSA) is 97.4 Å². The molecule has 8 nitrogen and oxygen atoms in total. The zero-order valence-corrected chi connectivity index (χ0v) is 30.2. The number of oxime groups is 2. The molecular formula is C44H46N6O2. The third-order valence-electron chi connectivity index (χ3n) is 9.09. The lowest BCUT2D eigenvalue weighted by atomic mass is 9.85. The lowest BCUT2D eigenvalue weighted by Gasteiger charge is -2.20. The van der Waals surface area contributed by atoms with Crippen molar-refractivity contribution in [3.8, 4) is 0 Å². The summed E-state index contributed by atoms with van der Waals surface area (Å²) >= 11 is 0. The Morgan fingerprint density at radius 3 is 1.06 bits per heavy atom. The van der Waals surface area contributed by atoms with Crippen LogP contribution in [0.4, 0.5) is 11.4 Å². The average Bonchev–Trinajstić information content (AvgIpc) is 3.20. The highest BCUT2D eigenvalue weighted by Gasteiger charge is 2.20. The van der Waals surface area contributed by atoms with Crippen LogP contribution in [0.25, 0.3) is 0 Å². The molecular weight excluding hydrogens is 645 g/mol. The maximum absolute atomic E-state index is 9.60. The van der Waals surface area contributed by atoms with Crippen molar-refractivity contribution in [2.75, 3.05) is 38.0 Å². The molecule has 0 fully saturated rings. The van der Waals surface area contributed by atoms with Crippen molar-refractivity contribution in [1.82, 2.24) is 9.97 Å². The minimum atomic E-state index is 0.103. The third kappa shape index (κ3) is 9.91. The van der Waals surface area contributed by atoms with Gasteiger partial charge in [-0.05, 0) is 70.8 Å². The molecule has 0 bridgehead atoms. The van der Waals surface area contributed by atoms with Gasteiger partial charge in [-0.3, -0.25) is 9.97 Å². The molecule has 0 aliphatic heterocycles. The van der Waals surface area contributed by atoms with E-state index in [0.29, 0.717) is 24.3 Å². The zero-order chi connectivity index (χ0) is 36.7. The highest BCUT2D eigenvalue weighted by Crippen LogP contribution is 2.32. The number of rotatable bonds is 12. The zero-order valence-electron chi connectivity index (χ0n) is 30.2. The molecule has 264 valence electrons. The van der Waals surface area contributed by atoms with E-state index < -0.39 is 0 Å². The van der Waals surface area contributed by atoms with Gasteiger partial charge in [-0.25, -0.2) is 0 Å². The minimum Gasteiger partial charge on any atom is -0.411 e. The highest BCUT2D eigenvalue weighted by molar-refractivity contribution is 6.01. The normalized spacial score (nSPS) is 12.6. The van der Waals surface area contributed by atoms with E-state index in [-0.39, 0.29) is 11.8 Å². The molecule has 52 heavy (non-hydrogen) atoms. The summed E-state index contributed by atoms with van der Waals surface area (Å²) in [6.45, 7) is 0. The summed E-state index contributed by atoms with van der Waals surface area (Å²) in [5.74, 6) is 0.206. The molecule has 0 aliphatic rings. The van der Waals surface area contributed by atoms with Gasteiger partial charge >= 0.3 is 0 Å². The fraction of sp³-hybridized carbons (Fsp3) is 0.182. The van der Waals surface area contributed by atoms with Gasteiger partial charge in [-0.2, -0.15) is 0 Å². The molecule has 6 aromatic rings. The summed E-state index contributed by atoms with van der Waals surface area (Å²) in [4.78, 5) is 12.2. The fourth-order valence-corrected chi connectivity index (χ4v) is 6.14. The van der Waals surface area contributed by atoms with E-state index in [1.165, 1.54) is 22.3 Å². The molecule has 6 rings (SSSR count). The second kappa shape index (κ2) is 18.6. The average molecular weight is 691 g/mol. The van der Waals surface area contributed by atoms with E-state index in [1.807, 2.05) is 88.9 Å². The lowest BCUT2D eigenvalue weighted by molar-refractivity contribution is 0.317. The highest BCUT2D eigenvalue weighted by atomic mass is 16.4. The molecule has 2 heterocycles. The van der Waals surface area contributed by atoms with E-state index in [9.17, 15) is 10.4 Å². The molecule has 8 heteroatoms. The van der Waals surface area contributed by atoms with Crippen LogP contribution in [0.5, 0.6) is 0 Å². The quantitative estimate of drug-likeness (QED) is 0.0756. The van der Waals surface area contributed by atoms with Crippen LogP contribution in [0.2, 0.25) is 0 Å². The smallest absolute Gasteiger partial charge is 0.0878 e. The summed E-state index contributed by atoms with van der Waals surface area (Å²) in [6.07, 6.45) is 8.05. The summed E-state index contributed by atoms with van der Waals surface area (Å²) in [7, 11) is 8.13. The van der Waals surface area contributed by atoms with E-state index >= 15 is 0 Å². The number of hydrogen-bond acceptors (Lipinski definition) is 8. The molecule has 2 atom stereocenters. The van der Waals surface area contributed by atoms with Gasteiger partial charge in [0.15, 0.2) is 0 Å². The van der Waals surface area contributed by atoms with Crippen LogP contribution in [0.15, 0.2) is 169 Å². The minimum absolute atomic E-state index is 0.103. The molecule has 0 spiro atoms. The Morgan fingerprint density at radius 2 is 0.769 bits per heavy atom. The number of anilines is 2. The molecule has 0 aliphatic carbocycles. The predicted octanol–water partition coefficient (Wildman–Crippen LogP) is 9.10. The number of aromatic nitrogens is 2. The molecule has 2 aromatic heterocycles. The van der Waals surface area contributed by atoms with Crippen molar-refractivity contribution >= 4 is 22.8 Å². The van der Waals surface area contributed by atoms with Gasteiger partial charge in [-0.15, -0.1) is 0 Å². The van der Waals surface area contributed by atoms with Gasteiger partial charge in [-0.1, -0.05) is 95.2 Å². The summed E-state index contributed by atoms with van der Waals surface area (Å²) in [6, 6.07) is 45.2. The Bertz CT molecular complexity index is 1840. The van der Waals surface area contributed by atoms with E-state index in [2.05, 4.69) is 103 Å². The number of nitrogens with zero attached hydrogens (tertiary/aromatic N) is 6. The van der Waals surface area contributed by atoms with Crippen molar-refractivity contribution < 1.29 is 10.4 Å². The SMILES string of the molecule is CN(C)c1ccc([C@@H](C/C(=N\O)c2ccncc2)c2ccccc2)cc1.CN(C)c1ccc([C@H](C/C(=N\O)c2ccncc2)c2ccccc2)cc1. The Morgan fingerprint density at radius 1 is 0.462 bits per heavy atom. The molecule has 0 saturated carbocycles. The van der Waals surface area contributed by atoms with E-state index in [1.54, 1.807) is 24.8 Å². The van der Waals surface area contributed by atoms with Crippen LogP contribution in [-0.4, -0.2) is 60.0 Å². The van der Waals surface area contributed by atoms with Gasteiger partial charge in [0.25, 0.3) is 0 Å². The predicted molar refractivity (Wildman–Crippen MR) is 212 cm³/mol. The van der Waals surface area contributed by atoms with Crippen molar-refractivity contribution in [3.63, 3.8) is 0 Å². The molecule has 0 amide bonds. The van der Waals surface area contributed by atoms with Crippen LogP contribution < -0.4 is 9.80 Å². The second-order valence-corrected chi connectivity index (χ2v) is 12.9. The largest absolute Gasteiger partial charge is 0.411 e. The molecule has 0 unspecified atom stereocenters. The Balaban J connectivity index is 0.000000201. The van der Waals surface area contributed by atoms with Crippen LogP contribution in [0.1, 0.15) is 58.1 Å². The van der Waals surface area contributed by atoms with Crippen LogP contribution >= 0.6 is 0 Å². The summed E-state index contributed by atoms with van der Waals surface area (Å²) in [5, 5.41) is 26.4. The number of pyridine rings is 2. The Labute approximate surface area is 307 Å². The first-order valence-electron chi connectivity index (χ1n) is 17.2. The number of hydrogen-bond donors (Lipinski definition) is 2. The monoisotopic (exact) mass is 690 g/mol. The van der Waals surface area contributed by atoms with Crippen molar-refractivity contribution in [1.29, 1.82) is 0 Å². The first kappa shape index (κ1) is 37.0. The second-order valence-electron chi connectivity index (χ2n) is 12.9. The standard InChI is InChI=1S/2C22H23N3O/c2*1-25(2)20-10-8-18(9-11-20)21(17-6-4-3-5-7-17)16-22(24-26)19-12-14-23-15-13-19/h2*3-15,21,26H,16H2,1-2H3/b2*24-22+/t2*21-/m10/s1. The lowest BCUT2D eigenvalue weighted by Crippen LogP contribution is -2.12. The molecule has 0 saturated heterocycles. The fourth-order valence-electron chi connectivity index (χ4n) is 6.14. The van der Waals surface area contributed by atoms with Gasteiger partial charge in [0.2, 0.25) is 0 Å². The maximum atomic E-state index is 9.60. The molecule has 0 radical (unpaired) electrons. The summed E-state index contributed by atoms with van der Waals surface area (Å²) < 4.78 is 0. The van der Waals surface area contributed by atoms with Crippen molar-refractivity contribution in [2.24, 2.45) is 10.3 Å². The Kier molecular flexibility index (Phi) is 13.3. The van der Waals surface area contributed by atoms with Gasteiger partial charge in [0.1, 0.15) is 0 Å². The van der Waals surface area contributed by atoms with Gasteiger partial charge in [0.05, 0.1) is 11.4 Å². The van der Waals surface area contributed by atoms with Crippen LogP contribution in [0, 0.1) is 0 Å². The summed E-state index contributed by atoms with van der Waals surface area (Å²) in [5.41, 5.74) is 10.2. The van der Waals surface area contributed by atoms with E-state index in [4.69, 9.17) is 0 Å². The van der Waals surface area contributed by atoms with Crippen molar-refractivity contribution in [3.05, 3.63) is 192 Å². The molecule has 2 N–H and O–H groups in total. The van der Waals surface area contributed by atoms with Gasteiger partial charge in [0, 0.05) is 100 Å². The number of benzene rings is 4. The molecule has 4 aromatic carbocycles. The van der Waals surface area contributed by atoms with E-state index in [0.717, 1.165) is 22.5 Å². The first-order valence-corrected chi connectivity index (χ1v) is 17.2.